The predicted molar refractivity (Wildman–Crippen MR) is 206 cm³/mol. The molecule has 0 spiro atoms. The first-order valence-electron chi connectivity index (χ1n) is 17.0. The molecular formula is C47H33NO. The van der Waals surface area contributed by atoms with E-state index in [0.29, 0.717) is 0 Å². The minimum absolute atomic E-state index is 0.0990. The standard InChI is InChI=1S/C47H33NO/c1-47(2)41-15-8-7-14-39(41)46-42(47)16-9-17-43(46)48(36-22-20-31(21-23-36)35-19-18-30-10-3-4-11-32(30)26-35)37-24-25-38-40-27-33-12-5-6-13-34(33)28-44(40)49-45(38)29-37/h3-29H,1-2H3. The highest BCUT2D eigenvalue weighted by atomic mass is 16.3. The van der Waals surface area contributed by atoms with Crippen LogP contribution in [0.25, 0.3) is 65.7 Å². The maximum atomic E-state index is 6.59. The quantitative estimate of drug-likeness (QED) is 0.193. The van der Waals surface area contributed by atoms with Crippen molar-refractivity contribution in [3.05, 3.63) is 175 Å². The summed E-state index contributed by atoms with van der Waals surface area (Å²) in [6.45, 7) is 4.68. The fourth-order valence-corrected chi connectivity index (χ4v) is 8.11. The van der Waals surface area contributed by atoms with Crippen LogP contribution < -0.4 is 4.90 Å². The first-order chi connectivity index (χ1) is 24.0. The van der Waals surface area contributed by atoms with Gasteiger partial charge in [-0.3, -0.25) is 0 Å². The Morgan fingerprint density at radius 3 is 1.90 bits per heavy atom. The molecule has 0 aliphatic heterocycles. The maximum Gasteiger partial charge on any atom is 0.137 e. The average molecular weight is 628 g/mol. The molecule has 0 radical (unpaired) electrons. The van der Waals surface area contributed by atoms with E-state index in [1.54, 1.807) is 0 Å². The van der Waals surface area contributed by atoms with Crippen molar-refractivity contribution < 1.29 is 4.42 Å². The van der Waals surface area contributed by atoms with Crippen molar-refractivity contribution >= 4 is 60.5 Å². The molecule has 49 heavy (non-hydrogen) atoms. The predicted octanol–water partition coefficient (Wildman–Crippen LogP) is 13.3. The summed E-state index contributed by atoms with van der Waals surface area (Å²) in [7, 11) is 0. The Bertz CT molecular complexity index is 2750. The molecule has 2 heteroatoms. The molecule has 0 atom stereocenters. The second-order valence-electron chi connectivity index (χ2n) is 13.8. The Morgan fingerprint density at radius 2 is 1.08 bits per heavy atom. The van der Waals surface area contributed by atoms with E-state index >= 15 is 0 Å². The smallest absolute Gasteiger partial charge is 0.137 e. The zero-order valence-corrected chi connectivity index (χ0v) is 27.4. The minimum Gasteiger partial charge on any atom is -0.456 e. The van der Waals surface area contributed by atoms with Gasteiger partial charge in [-0.2, -0.15) is 0 Å². The molecule has 0 saturated heterocycles. The molecule has 0 saturated carbocycles. The van der Waals surface area contributed by atoms with Crippen LogP contribution in [0, 0.1) is 0 Å². The first-order valence-corrected chi connectivity index (χ1v) is 17.0. The van der Waals surface area contributed by atoms with Gasteiger partial charge in [-0.15, -0.1) is 0 Å². The molecule has 2 nitrogen and oxygen atoms in total. The van der Waals surface area contributed by atoms with Gasteiger partial charge in [0.25, 0.3) is 0 Å². The summed E-state index contributed by atoms with van der Waals surface area (Å²) in [5.74, 6) is 0. The van der Waals surface area contributed by atoms with Crippen molar-refractivity contribution in [2.45, 2.75) is 19.3 Å². The van der Waals surface area contributed by atoms with E-state index in [4.69, 9.17) is 4.42 Å². The lowest BCUT2D eigenvalue weighted by molar-refractivity contribution is 0.660. The second-order valence-corrected chi connectivity index (χ2v) is 13.8. The third-order valence-electron chi connectivity index (χ3n) is 10.6. The molecule has 8 aromatic carbocycles. The van der Waals surface area contributed by atoms with Gasteiger partial charge in [0.1, 0.15) is 11.2 Å². The number of rotatable bonds is 4. The Morgan fingerprint density at radius 1 is 0.449 bits per heavy atom. The van der Waals surface area contributed by atoms with Gasteiger partial charge in [0.05, 0.1) is 5.69 Å². The van der Waals surface area contributed by atoms with E-state index in [2.05, 4.69) is 183 Å². The highest BCUT2D eigenvalue weighted by Crippen LogP contribution is 2.54. The molecule has 0 unspecified atom stereocenters. The molecule has 232 valence electrons. The molecule has 1 heterocycles. The Labute approximate surface area is 285 Å². The number of hydrogen-bond donors (Lipinski definition) is 0. The van der Waals surface area contributed by atoms with Crippen LogP contribution in [0.4, 0.5) is 17.1 Å². The van der Waals surface area contributed by atoms with Crippen LogP contribution in [0.5, 0.6) is 0 Å². The molecule has 0 bridgehead atoms. The summed E-state index contributed by atoms with van der Waals surface area (Å²) in [4.78, 5) is 2.41. The maximum absolute atomic E-state index is 6.59. The third kappa shape index (κ3) is 4.27. The summed E-state index contributed by atoms with van der Waals surface area (Å²) in [5, 5.41) is 7.17. The molecule has 1 aliphatic carbocycles. The van der Waals surface area contributed by atoms with Crippen molar-refractivity contribution in [2.75, 3.05) is 4.90 Å². The van der Waals surface area contributed by atoms with E-state index in [9.17, 15) is 0 Å². The third-order valence-corrected chi connectivity index (χ3v) is 10.6. The van der Waals surface area contributed by atoms with Gasteiger partial charge in [-0.05, 0) is 97.9 Å². The van der Waals surface area contributed by atoms with Crippen molar-refractivity contribution in [2.24, 2.45) is 0 Å². The van der Waals surface area contributed by atoms with Crippen LogP contribution in [-0.4, -0.2) is 0 Å². The van der Waals surface area contributed by atoms with Crippen LogP contribution in [0.1, 0.15) is 25.0 Å². The Hall–Kier alpha value is -6.12. The largest absolute Gasteiger partial charge is 0.456 e. The van der Waals surface area contributed by atoms with E-state index in [1.165, 1.54) is 54.9 Å². The van der Waals surface area contributed by atoms with Crippen LogP contribution in [0.15, 0.2) is 168 Å². The molecule has 9 aromatic rings. The first kappa shape index (κ1) is 27.9. The second kappa shape index (κ2) is 10.4. The highest BCUT2D eigenvalue weighted by molar-refractivity contribution is 6.11. The Kier molecular flexibility index (Phi) is 5.95. The molecule has 0 N–H and O–H groups in total. The van der Waals surface area contributed by atoms with Crippen LogP contribution in [0.2, 0.25) is 0 Å². The summed E-state index contributed by atoms with van der Waals surface area (Å²) in [6.07, 6.45) is 0. The van der Waals surface area contributed by atoms with Gasteiger partial charge < -0.3 is 9.32 Å². The zero-order chi connectivity index (χ0) is 32.7. The van der Waals surface area contributed by atoms with Gasteiger partial charge in [0, 0.05) is 39.2 Å². The average Bonchev–Trinajstić information content (AvgIpc) is 3.61. The molecule has 1 aromatic heterocycles. The van der Waals surface area contributed by atoms with Gasteiger partial charge in [-0.25, -0.2) is 0 Å². The fourth-order valence-electron chi connectivity index (χ4n) is 8.11. The van der Waals surface area contributed by atoms with Gasteiger partial charge >= 0.3 is 0 Å². The molecule has 0 amide bonds. The van der Waals surface area contributed by atoms with Crippen molar-refractivity contribution in [3.8, 4) is 22.3 Å². The van der Waals surface area contributed by atoms with E-state index in [0.717, 1.165) is 39.0 Å². The van der Waals surface area contributed by atoms with Crippen LogP contribution in [-0.2, 0) is 5.41 Å². The van der Waals surface area contributed by atoms with Crippen LogP contribution in [0.3, 0.4) is 0 Å². The monoisotopic (exact) mass is 627 g/mol. The van der Waals surface area contributed by atoms with Crippen molar-refractivity contribution in [1.29, 1.82) is 0 Å². The van der Waals surface area contributed by atoms with Crippen LogP contribution >= 0.6 is 0 Å². The minimum atomic E-state index is -0.0990. The number of hydrogen-bond acceptors (Lipinski definition) is 2. The fraction of sp³-hybridized carbons (Fsp3) is 0.0638. The van der Waals surface area contributed by atoms with Crippen molar-refractivity contribution in [3.63, 3.8) is 0 Å². The summed E-state index contributed by atoms with van der Waals surface area (Å²) in [5.41, 5.74) is 12.7. The van der Waals surface area contributed by atoms with E-state index in [-0.39, 0.29) is 5.41 Å². The molecule has 1 aliphatic rings. The summed E-state index contributed by atoms with van der Waals surface area (Å²) in [6, 6.07) is 59.5. The highest BCUT2D eigenvalue weighted by Gasteiger charge is 2.37. The summed E-state index contributed by atoms with van der Waals surface area (Å²) >= 11 is 0. The summed E-state index contributed by atoms with van der Waals surface area (Å²) < 4.78 is 6.59. The number of benzene rings is 8. The lowest BCUT2D eigenvalue weighted by atomic mass is 9.82. The van der Waals surface area contributed by atoms with E-state index in [1.807, 2.05) is 0 Å². The molecule has 0 fully saturated rings. The SMILES string of the molecule is CC1(C)c2ccccc2-c2c(N(c3ccc(-c4ccc5ccccc5c4)cc3)c3ccc4c(c3)oc3cc5ccccc5cc34)cccc21. The number of fused-ring (bicyclic) bond motifs is 8. The van der Waals surface area contributed by atoms with Crippen molar-refractivity contribution in [1.82, 2.24) is 0 Å². The lowest BCUT2D eigenvalue weighted by Gasteiger charge is -2.29. The Balaban J connectivity index is 1.17. The van der Waals surface area contributed by atoms with Gasteiger partial charge in [0.2, 0.25) is 0 Å². The van der Waals surface area contributed by atoms with E-state index < -0.39 is 0 Å². The lowest BCUT2D eigenvalue weighted by Crippen LogP contribution is -2.16. The van der Waals surface area contributed by atoms with Gasteiger partial charge in [-0.1, -0.05) is 123 Å². The topological polar surface area (TPSA) is 16.4 Å². The number of anilines is 3. The molecular weight excluding hydrogens is 595 g/mol. The number of furan rings is 1. The zero-order valence-electron chi connectivity index (χ0n) is 27.4. The number of nitrogens with zero attached hydrogens (tertiary/aromatic N) is 1. The van der Waals surface area contributed by atoms with Gasteiger partial charge in [0.15, 0.2) is 0 Å². The normalized spacial score (nSPS) is 13.3. The molecule has 10 rings (SSSR count).